The van der Waals surface area contributed by atoms with Gasteiger partial charge in [-0.05, 0) is 40.1 Å². The standard InChI is InChI=1S/C23H19N/c1-3-10-19(11-4-1)23(24-22-13-5-2-6-14-22)21-16-15-18-9-7-8-12-20(18)17-21/h1-17,23-24H. The lowest BCUT2D eigenvalue weighted by atomic mass is 9.96. The molecule has 4 aromatic rings. The van der Waals surface area contributed by atoms with Gasteiger partial charge in [0.2, 0.25) is 0 Å². The molecule has 1 N–H and O–H groups in total. The number of nitrogens with one attached hydrogen (secondary N) is 1. The van der Waals surface area contributed by atoms with Crippen LogP contribution in [0.15, 0.2) is 103 Å². The Labute approximate surface area is 142 Å². The number of rotatable bonds is 4. The van der Waals surface area contributed by atoms with Crippen molar-refractivity contribution in [3.63, 3.8) is 0 Å². The highest BCUT2D eigenvalue weighted by molar-refractivity contribution is 5.83. The first-order valence-electron chi connectivity index (χ1n) is 8.25. The molecule has 116 valence electrons. The molecule has 0 bridgehead atoms. The van der Waals surface area contributed by atoms with E-state index in [2.05, 4.69) is 102 Å². The minimum Gasteiger partial charge on any atom is -0.374 e. The van der Waals surface area contributed by atoms with Crippen molar-refractivity contribution in [2.45, 2.75) is 6.04 Å². The third-order valence-electron chi connectivity index (χ3n) is 4.32. The normalized spacial score (nSPS) is 12.0. The van der Waals surface area contributed by atoms with Gasteiger partial charge >= 0.3 is 0 Å². The fraction of sp³-hybridized carbons (Fsp3) is 0.0435. The monoisotopic (exact) mass is 309 g/mol. The molecule has 0 heterocycles. The molecule has 0 spiro atoms. The molecule has 4 aromatic carbocycles. The van der Waals surface area contributed by atoms with Gasteiger partial charge in [-0.25, -0.2) is 0 Å². The van der Waals surface area contributed by atoms with Crippen LogP contribution < -0.4 is 5.32 Å². The summed E-state index contributed by atoms with van der Waals surface area (Å²) in [5.41, 5.74) is 3.65. The third-order valence-corrected chi connectivity index (χ3v) is 4.32. The molecule has 0 saturated carbocycles. The average Bonchev–Trinajstić information content (AvgIpc) is 2.67. The van der Waals surface area contributed by atoms with Crippen molar-refractivity contribution < 1.29 is 0 Å². The zero-order valence-electron chi connectivity index (χ0n) is 13.4. The Balaban J connectivity index is 1.78. The van der Waals surface area contributed by atoms with Gasteiger partial charge in [0.05, 0.1) is 6.04 Å². The quantitative estimate of drug-likeness (QED) is 0.484. The number of anilines is 1. The van der Waals surface area contributed by atoms with Crippen LogP contribution in [0.4, 0.5) is 5.69 Å². The first-order chi connectivity index (χ1) is 11.9. The summed E-state index contributed by atoms with van der Waals surface area (Å²) in [5, 5.41) is 6.22. The predicted octanol–water partition coefficient (Wildman–Crippen LogP) is 6.04. The maximum atomic E-state index is 3.68. The lowest BCUT2D eigenvalue weighted by Gasteiger charge is -2.21. The Kier molecular flexibility index (Phi) is 3.99. The summed E-state index contributed by atoms with van der Waals surface area (Å²) < 4.78 is 0. The van der Waals surface area contributed by atoms with E-state index in [4.69, 9.17) is 0 Å². The van der Waals surface area contributed by atoms with Crippen molar-refractivity contribution in [1.82, 2.24) is 0 Å². The van der Waals surface area contributed by atoms with E-state index in [9.17, 15) is 0 Å². The molecule has 0 radical (unpaired) electrons. The van der Waals surface area contributed by atoms with Crippen LogP contribution in [-0.4, -0.2) is 0 Å². The summed E-state index contributed by atoms with van der Waals surface area (Å²) in [4.78, 5) is 0. The van der Waals surface area contributed by atoms with Crippen LogP contribution >= 0.6 is 0 Å². The Hall–Kier alpha value is -3.06. The van der Waals surface area contributed by atoms with E-state index in [-0.39, 0.29) is 6.04 Å². The van der Waals surface area contributed by atoms with E-state index in [0.717, 1.165) is 5.69 Å². The molecule has 0 aromatic heterocycles. The second-order valence-corrected chi connectivity index (χ2v) is 5.96. The fourth-order valence-electron chi connectivity index (χ4n) is 3.09. The van der Waals surface area contributed by atoms with Crippen molar-refractivity contribution in [1.29, 1.82) is 0 Å². The molecule has 1 heteroatoms. The fourth-order valence-corrected chi connectivity index (χ4v) is 3.09. The van der Waals surface area contributed by atoms with Crippen LogP contribution in [0.1, 0.15) is 17.2 Å². The Morgan fingerprint density at radius 3 is 1.88 bits per heavy atom. The molecule has 1 atom stereocenters. The van der Waals surface area contributed by atoms with E-state index in [1.165, 1.54) is 21.9 Å². The Morgan fingerprint density at radius 2 is 1.12 bits per heavy atom. The van der Waals surface area contributed by atoms with Crippen LogP contribution in [0.25, 0.3) is 10.8 Å². The molecule has 24 heavy (non-hydrogen) atoms. The smallest absolute Gasteiger partial charge is 0.0767 e. The van der Waals surface area contributed by atoms with Gasteiger partial charge in [-0.15, -0.1) is 0 Å². The third kappa shape index (κ3) is 3.02. The van der Waals surface area contributed by atoms with Crippen LogP contribution in [0.3, 0.4) is 0 Å². The second kappa shape index (κ2) is 6.59. The number of benzene rings is 4. The molecule has 0 saturated heterocycles. The van der Waals surface area contributed by atoms with Gasteiger partial charge in [-0.3, -0.25) is 0 Å². The Bertz CT molecular complexity index is 929. The first kappa shape index (κ1) is 14.5. The molecule has 0 fully saturated rings. The van der Waals surface area contributed by atoms with Crippen molar-refractivity contribution in [2.24, 2.45) is 0 Å². The van der Waals surface area contributed by atoms with Crippen molar-refractivity contribution in [3.05, 3.63) is 114 Å². The molecule has 1 nitrogen and oxygen atoms in total. The van der Waals surface area contributed by atoms with Gasteiger partial charge in [0.1, 0.15) is 0 Å². The highest BCUT2D eigenvalue weighted by atomic mass is 14.9. The Morgan fingerprint density at radius 1 is 0.500 bits per heavy atom. The van der Waals surface area contributed by atoms with Gasteiger partial charge in [-0.2, -0.15) is 0 Å². The topological polar surface area (TPSA) is 12.0 Å². The molecule has 0 amide bonds. The van der Waals surface area contributed by atoms with E-state index < -0.39 is 0 Å². The summed E-state index contributed by atoms with van der Waals surface area (Å²) in [6.07, 6.45) is 0. The van der Waals surface area contributed by atoms with Crippen molar-refractivity contribution in [3.8, 4) is 0 Å². The summed E-state index contributed by atoms with van der Waals surface area (Å²) in [7, 11) is 0. The number of hydrogen-bond acceptors (Lipinski definition) is 1. The first-order valence-corrected chi connectivity index (χ1v) is 8.25. The van der Waals surface area contributed by atoms with E-state index in [1.54, 1.807) is 0 Å². The zero-order valence-corrected chi connectivity index (χ0v) is 13.4. The van der Waals surface area contributed by atoms with Gasteiger partial charge in [0.15, 0.2) is 0 Å². The molecular formula is C23H19N. The summed E-state index contributed by atoms with van der Waals surface area (Å²) in [6.45, 7) is 0. The number of hydrogen-bond donors (Lipinski definition) is 1. The van der Waals surface area contributed by atoms with Crippen molar-refractivity contribution in [2.75, 3.05) is 5.32 Å². The van der Waals surface area contributed by atoms with Crippen LogP contribution in [0, 0.1) is 0 Å². The minimum absolute atomic E-state index is 0.123. The highest BCUT2D eigenvalue weighted by Gasteiger charge is 2.14. The van der Waals surface area contributed by atoms with Crippen LogP contribution in [0.5, 0.6) is 0 Å². The zero-order chi connectivity index (χ0) is 16.2. The molecule has 1 unspecified atom stereocenters. The van der Waals surface area contributed by atoms with Gasteiger partial charge in [0.25, 0.3) is 0 Å². The molecule has 4 rings (SSSR count). The number of para-hydroxylation sites is 1. The van der Waals surface area contributed by atoms with Gasteiger partial charge < -0.3 is 5.32 Å². The van der Waals surface area contributed by atoms with E-state index in [1.807, 2.05) is 6.07 Å². The molecule has 0 aliphatic heterocycles. The lowest BCUT2D eigenvalue weighted by Crippen LogP contribution is -2.12. The maximum absolute atomic E-state index is 3.68. The second-order valence-electron chi connectivity index (χ2n) is 5.96. The van der Waals surface area contributed by atoms with Crippen LogP contribution in [0.2, 0.25) is 0 Å². The van der Waals surface area contributed by atoms with E-state index in [0.29, 0.717) is 0 Å². The average molecular weight is 309 g/mol. The molecule has 0 aliphatic carbocycles. The van der Waals surface area contributed by atoms with Crippen molar-refractivity contribution >= 4 is 16.5 Å². The van der Waals surface area contributed by atoms with Crippen LogP contribution in [-0.2, 0) is 0 Å². The van der Waals surface area contributed by atoms with Gasteiger partial charge in [-0.1, -0.05) is 84.9 Å². The lowest BCUT2D eigenvalue weighted by molar-refractivity contribution is 0.942. The van der Waals surface area contributed by atoms with Gasteiger partial charge in [0, 0.05) is 5.69 Å². The molecule has 0 aliphatic rings. The van der Waals surface area contributed by atoms with E-state index >= 15 is 0 Å². The minimum atomic E-state index is 0.123. The SMILES string of the molecule is c1ccc(NC(c2ccccc2)c2ccc3ccccc3c2)cc1. The maximum Gasteiger partial charge on any atom is 0.0767 e. The predicted molar refractivity (Wildman–Crippen MR) is 102 cm³/mol. The highest BCUT2D eigenvalue weighted by Crippen LogP contribution is 2.29. The summed E-state index contributed by atoms with van der Waals surface area (Å²) in [6, 6.07) is 36.3. The summed E-state index contributed by atoms with van der Waals surface area (Å²) in [5.74, 6) is 0. The number of fused-ring (bicyclic) bond motifs is 1. The molecular weight excluding hydrogens is 290 g/mol. The summed E-state index contributed by atoms with van der Waals surface area (Å²) >= 11 is 0. The largest absolute Gasteiger partial charge is 0.374 e.